The van der Waals surface area contributed by atoms with Crippen molar-refractivity contribution in [3.05, 3.63) is 69.8 Å². The van der Waals surface area contributed by atoms with Crippen molar-refractivity contribution in [3.63, 3.8) is 0 Å². The van der Waals surface area contributed by atoms with Crippen LogP contribution in [0.5, 0.6) is 5.75 Å². The quantitative estimate of drug-likeness (QED) is 0.447. The van der Waals surface area contributed by atoms with Gasteiger partial charge in [-0.2, -0.15) is 0 Å². The van der Waals surface area contributed by atoms with E-state index in [2.05, 4.69) is 0 Å². The Bertz CT molecular complexity index is 1020. The zero-order valence-electron chi connectivity index (χ0n) is 18.0. The summed E-state index contributed by atoms with van der Waals surface area (Å²) < 4.78 is 10.7. The summed E-state index contributed by atoms with van der Waals surface area (Å²) in [7, 11) is 3.06. The summed E-state index contributed by atoms with van der Waals surface area (Å²) in [6.45, 7) is 6.21. The number of aliphatic hydroxyl groups is 1. The number of benzene rings is 2. The van der Waals surface area contributed by atoms with Gasteiger partial charge in [0, 0.05) is 13.7 Å². The number of aryl methyl sites for hydroxylation is 3. The first-order valence-electron chi connectivity index (χ1n) is 9.80. The number of carbonyl (C=O) groups is 2. The molecule has 0 aliphatic carbocycles. The van der Waals surface area contributed by atoms with Gasteiger partial charge in [0.25, 0.3) is 11.7 Å². The van der Waals surface area contributed by atoms with Crippen LogP contribution in [-0.2, 0) is 14.3 Å². The van der Waals surface area contributed by atoms with Gasteiger partial charge >= 0.3 is 0 Å². The highest BCUT2D eigenvalue weighted by atomic mass is 16.5. The molecule has 1 aliphatic heterocycles. The van der Waals surface area contributed by atoms with Crippen molar-refractivity contribution in [1.82, 2.24) is 4.90 Å². The first-order valence-corrected chi connectivity index (χ1v) is 9.80. The molecule has 1 atom stereocenters. The molecular formula is C24H27NO5. The molecule has 1 heterocycles. The summed E-state index contributed by atoms with van der Waals surface area (Å²) in [5.41, 5.74) is 3.92. The van der Waals surface area contributed by atoms with Crippen LogP contribution >= 0.6 is 0 Å². The SMILES string of the molecule is COCCN1C(=O)C(=O)/C(=C(/O)c2cc(C)cc(C)c2OC)C1c1ccccc1C. The fourth-order valence-corrected chi connectivity index (χ4v) is 4.06. The number of ketones is 1. The van der Waals surface area contributed by atoms with Crippen molar-refractivity contribution in [3.8, 4) is 5.75 Å². The highest BCUT2D eigenvalue weighted by Gasteiger charge is 2.46. The van der Waals surface area contributed by atoms with Crippen molar-refractivity contribution >= 4 is 17.4 Å². The van der Waals surface area contributed by atoms with Gasteiger partial charge in [0.15, 0.2) is 0 Å². The zero-order valence-corrected chi connectivity index (χ0v) is 18.0. The molecule has 1 fully saturated rings. The van der Waals surface area contributed by atoms with Crippen LogP contribution in [0.1, 0.15) is 33.9 Å². The average molecular weight is 409 g/mol. The molecule has 1 unspecified atom stereocenters. The first kappa shape index (κ1) is 21.6. The lowest BCUT2D eigenvalue weighted by Crippen LogP contribution is -2.33. The van der Waals surface area contributed by atoms with Crippen LogP contribution in [0, 0.1) is 20.8 Å². The maximum absolute atomic E-state index is 13.1. The Balaban J connectivity index is 2.28. The number of Topliss-reactive ketones (excluding diaryl/α,β-unsaturated/α-hetero) is 1. The molecule has 0 bridgehead atoms. The van der Waals surface area contributed by atoms with E-state index in [0.717, 1.165) is 22.3 Å². The highest BCUT2D eigenvalue weighted by molar-refractivity contribution is 6.46. The minimum absolute atomic E-state index is 0.0636. The number of methoxy groups -OCH3 is 2. The topological polar surface area (TPSA) is 76.1 Å². The van der Waals surface area contributed by atoms with Gasteiger partial charge < -0.3 is 19.5 Å². The van der Waals surface area contributed by atoms with Gasteiger partial charge in [-0.1, -0.05) is 30.3 Å². The smallest absolute Gasteiger partial charge is 0.295 e. The third-order valence-corrected chi connectivity index (χ3v) is 5.44. The Morgan fingerprint density at radius 3 is 2.40 bits per heavy atom. The van der Waals surface area contributed by atoms with Crippen molar-refractivity contribution < 1.29 is 24.2 Å². The maximum Gasteiger partial charge on any atom is 0.295 e. The van der Waals surface area contributed by atoms with Crippen LogP contribution in [0.4, 0.5) is 0 Å². The molecule has 158 valence electrons. The minimum atomic E-state index is -0.710. The number of rotatable bonds is 6. The molecule has 0 aromatic heterocycles. The molecule has 2 aromatic carbocycles. The van der Waals surface area contributed by atoms with Crippen LogP contribution in [0.3, 0.4) is 0 Å². The third kappa shape index (κ3) is 3.71. The lowest BCUT2D eigenvalue weighted by Gasteiger charge is -2.26. The number of amides is 1. The Hall–Kier alpha value is -3.12. The zero-order chi connectivity index (χ0) is 22.0. The van der Waals surface area contributed by atoms with Crippen LogP contribution in [-0.4, -0.2) is 49.1 Å². The van der Waals surface area contributed by atoms with E-state index in [-0.39, 0.29) is 24.5 Å². The van der Waals surface area contributed by atoms with Gasteiger partial charge in [-0.15, -0.1) is 0 Å². The van der Waals surface area contributed by atoms with E-state index in [1.165, 1.54) is 12.0 Å². The van der Waals surface area contributed by atoms with Gasteiger partial charge in [0.1, 0.15) is 11.5 Å². The molecule has 6 heteroatoms. The lowest BCUT2D eigenvalue weighted by atomic mass is 9.91. The minimum Gasteiger partial charge on any atom is -0.507 e. The summed E-state index contributed by atoms with van der Waals surface area (Å²) in [4.78, 5) is 27.4. The van der Waals surface area contributed by atoms with Gasteiger partial charge in [0.05, 0.1) is 30.9 Å². The molecule has 0 saturated carbocycles. The first-order chi connectivity index (χ1) is 14.3. The fraction of sp³-hybridized carbons (Fsp3) is 0.333. The van der Waals surface area contributed by atoms with E-state index < -0.39 is 17.7 Å². The molecule has 0 radical (unpaired) electrons. The largest absolute Gasteiger partial charge is 0.507 e. The summed E-state index contributed by atoms with van der Waals surface area (Å²) >= 11 is 0. The van der Waals surface area contributed by atoms with E-state index >= 15 is 0 Å². The molecule has 1 N–H and O–H groups in total. The van der Waals surface area contributed by atoms with Crippen molar-refractivity contribution in [2.24, 2.45) is 0 Å². The molecule has 0 spiro atoms. The molecule has 2 aromatic rings. The number of ether oxygens (including phenoxy) is 2. The molecule has 3 rings (SSSR count). The van der Waals surface area contributed by atoms with Crippen LogP contribution in [0.25, 0.3) is 5.76 Å². The standard InChI is InChI=1S/C24H27NO5/c1-14-12-16(3)23(30-5)18(13-14)21(26)19-20(17-9-7-6-8-15(17)2)25(10-11-29-4)24(28)22(19)27/h6-9,12-13,20,26H,10-11H2,1-5H3/b21-19+. The summed E-state index contributed by atoms with van der Waals surface area (Å²) in [5, 5.41) is 11.3. The number of carbonyl (C=O) groups excluding carboxylic acids is 2. The van der Waals surface area contributed by atoms with E-state index in [9.17, 15) is 14.7 Å². The monoisotopic (exact) mass is 409 g/mol. The van der Waals surface area contributed by atoms with Gasteiger partial charge in [-0.3, -0.25) is 9.59 Å². The van der Waals surface area contributed by atoms with Crippen molar-refractivity contribution in [1.29, 1.82) is 0 Å². The highest BCUT2D eigenvalue weighted by Crippen LogP contribution is 2.42. The average Bonchev–Trinajstić information content (AvgIpc) is 2.96. The second-order valence-corrected chi connectivity index (χ2v) is 7.50. The Labute approximate surface area is 176 Å². The number of nitrogens with zero attached hydrogens (tertiary/aromatic N) is 1. The maximum atomic E-state index is 13.1. The number of likely N-dealkylation sites (tertiary alicyclic amines) is 1. The Kier molecular flexibility index (Phi) is 6.27. The second kappa shape index (κ2) is 8.71. The number of hydrogen-bond acceptors (Lipinski definition) is 5. The van der Waals surface area contributed by atoms with Crippen molar-refractivity contribution in [2.75, 3.05) is 27.4 Å². The van der Waals surface area contributed by atoms with Crippen LogP contribution in [0.15, 0.2) is 42.0 Å². The lowest BCUT2D eigenvalue weighted by molar-refractivity contribution is -0.140. The van der Waals surface area contributed by atoms with E-state index in [4.69, 9.17) is 9.47 Å². The summed E-state index contributed by atoms with van der Waals surface area (Å²) in [6.07, 6.45) is 0. The van der Waals surface area contributed by atoms with E-state index in [0.29, 0.717) is 11.3 Å². The predicted molar refractivity (Wildman–Crippen MR) is 115 cm³/mol. The van der Waals surface area contributed by atoms with E-state index in [1.807, 2.05) is 51.1 Å². The second-order valence-electron chi connectivity index (χ2n) is 7.50. The fourth-order valence-electron chi connectivity index (χ4n) is 4.06. The summed E-state index contributed by atoms with van der Waals surface area (Å²) in [5.74, 6) is -1.11. The third-order valence-electron chi connectivity index (χ3n) is 5.44. The van der Waals surface area contributed by atoms with Gasteiger partial charge in [0.2, 0.25) is 0 Å². The number of hydrogen-bond donors (Lipinski definition) is 1. The van der Waals surface area contributed by atoms with Crippen LogP contribution in [0.2, 0.25) is 0 Å². The van der Waals surface area contributed by atoms with Crippen LogP contribution < -0.4 is 4.74 Å². The van der Waals surface area contributed by atoms with Crippen molar-refractivity contribution in [2.45, 2.75) is 26.8 Å². The normalized spacial score (nSPS) is 18.2. The Morgan fingerprint density at radius 1 is 1.07 bits per heavy atom. The molecular weight excluding hydrogens is 382 g/mol. The predicted octanol–water partition coefficient (Wildman–Crippen LogP) is 3.69. The van der Waals surface area contributed by atoms with Gasteiger partial charge in [-0.05, 0) is 49.1 Å². The Morgan fingerprint density at radius 2 is 1.77 bits per heavy atom. The van der Waals surface area contributed by atoms with E-state index in [1.54, 1.807) is 13.2 Å². The number of aliphatic hydroxyl groups excluding tert-OH is 1. The molecule has 1 aliphatic rings. The molecule has 30 heavy (non-hydrogen) atoms. The molecule has 1 saturated heterocycles. The van der Waals surface area contributed by atoms with Gasteiger partial charge in [-0.25, -0.2) is 0 Å². The molecule has 1 amide bonds. The summed E-state index contributed by atoms with van der Waals surface area (Å²) in [6, 6.07) is 10.5. The molecule has 6 nitrogen and oxygen atoms in total.